The van der Waals surface area contributed by atoms with E-state index in [1.807, 2.05) is 0 Å². The van der Waals surface area contributed by atoms with Crippen LogP contribution >= 0.6 is 0 Å². The maximum atomic E-state index is 13.6. The molecule has 0 heterocycles. The summed E-state index contributed by atoms with van der Waals surface area (Å²) in [5.74, 6) is -0.700. The van der Waals surface area contributed by atoms with Crippen LogP contribution in [0.4, 0.5) is 20.2 Å². The van der Waals surface area contributed by atoms with Gasteiger partial charge in [0.1, 0.15) is 11.6 Å². The third-order valence-electron chi connectivity index (χ3n) is 2.75. The molecule has 2 rings (SSSR count). The molecule has 0 aliphatic rings. The van der Waals surface area contributed by atoms with Gasteiger partial charge in [0.25, 0.3) is 0 Å². The number of hydrogen-bond donors (Lipinski definition) is 1. The highest BCUT2D eigenvalue weighted by Gasteiger charge is 2.10. The number of nitrogen functional groups attached to an aromatic ring is 1. The smallest absolute Gasteiger partial charge is 0.146 e. The number of halogens is 2. The Morgan fingerprint density at radius 3 is 2.44 bits per heavy atom. The molecule has 0 aliphatic heterocycles. The van der Waals surface area contributed by atoms with E-state index in [4.69, 9.17) is 5.73 Å². The summed E-state index contributed by atoms with van der Waals surface area (Å²) in [5.41, 5.74) is 6.78. The van der Waals surface area contributed by atoms with Crippen molar-refractivity contribution in [1.29, 1.82) is 0 Å². The number of anilines is 2. The summed E-state index contributed by atoms with van der Waals surface area (Å²) < 4.78 is 27.2. The van der Waals surface area contributed by atoms with Gasteiger partial charge in [-0.3, -0.25) is 0 Å². The molecule has 94 valence electrons. The molecule has 0 aliphatic carbocycles. The van der Waals surface area contributed by atoms with Crippen molar-refractivity contribution < 1.29 is 8.78 Å². The van der Waals surface area contributed by atoms with E-state index in [9.17, 15) is 8.78 Å². The van der Waals surface area contributed by atoms with Crippen molar-refractivity contribution in [2.45, 2.75) is 6.54 Å². The Morgan fingerprint density at radius 2 is 1.78 bits per heavy atom. The molecule has 2 aromatic rings. The summed E-state index contributed by atoms with van der Waals surface area (Å²) in [5, 5.41) is 0. The van der Waals surface area contributed by atoms with Crippen LogP contribution in [0.5, 0.6) is 0 Å². The quantitative estimate of drug-likeness (QED) is 0.845. The Balaban J connectivity index is 2.21. The van der Waals surface area contributed by atoms with Crippen molar-refractivity contribution in [3.63, 3.8) is 0 Å². The molecule has 0 amide bonds. The van der Waals surface area contributed by atoms with E-state index in [0.29, 0.717) is 16.9 Å². The van der Waals surface area contributed by atoms with Crippen molar-refractivity contribution >= 4 is 11.4 Å². The molecule has 0 radical (unpaired) electrons. The van der Waals surface area contributed by atoms with Gasteiger partial charge in [-0.1, -0.05) is 18.2 Å². The van der Waals surface area contributed by atoms with E-state index in [1.165, 1.54) is 12.1 Å². The molecule has 0 saturated heterocycles. The molecule has 0 unspecified atom stereocenters. The van der Waals surface area contributed by atoms with E-state index >= 15 is 0 Å². The largest absolute Gasteiger partial charge is 0.399 e. The maximum Gasteiger partial charge on any atom is 0.146 e. The average Bonchev–Trinajstić information content (AvgIpc) is 2.33. The SMILES string of the molecule is CN(Cc1ccc(N)cc1F)c1ccccc1F. The summed E-state index contributed by atoms with van der Waals surface area (Å²) in [6.45, 7) is 0.285. The number of rotatable bonds is 3. The van der Waals surface area contributed by atoms with Gasteiger partial charge in [-0.05, 0) is 24.3 Å². The number of hydrogen-bond acceptors (Lipinski definition) is 2. The number of para-hydroxylation sites is 1. The minimum absolute atomic E-state index is 0.285. The van der Waals surface area contributed by atoms with Gasteiger partial charge in [-0.2, -0.15) is 0 Å². The van der Waals surface area contributed by atoms with Gasteiger partial charge < -0.3 is 10.6 Å². The first-order valence-corrected chi connectivity index (χ1v) is 5.57. The van der Waals surface area contributed by atoms with E-state index in [2.05, 4.69) is 0 Å². The molecular formula is C14H14F2N2. The van der Waals surface area contributed by atoms with Crippen molar-refractivity contribution in [1.82, 2.24) is 0 Å². The van der Waals surface area contributed by atoms with Crippen molar-refractivity contribution in [2.24, 2.45) is 0 Å². The number of benzene rings is 2. The van der Waals surface area contributed by atoms with Crippen LogP contribution in [0.15, 0.2) is 42.5 Å². The Hall–Kier alpha value is -2.10. The Morgan fingerprint density at radius 1 is 1.06 bits per heavy atom. The topological polar surface area (TPSA) is 29.3 Å². The van der Waals surface area contributed by atoms with Crippen molar-refractivity contribution in [3.05, 3.63) is 59.7 Å². The van der Waals surface area contributed by atoms with Crippen LogP contribution in [0, 0.1) is 11.6 Å². The molecule has 0 atom stereocenters. The fourth-order valence-electron chi connectivity index (χ4n) is 1.79. The third kappa shape index (κ3) is 2.59. The average molecular weight is 248 g/mol. The summed E-state index contributed by atoms with van der Waals surface area (Å²) in [4.78, 5) is 1.66. The monoisotopic (exact) mass is 248 g/mol. The van der Waals surface area contributed by atoms with Crippen LogP contribution in [0.1, 0.15) is 5.56 Å². The third-order valence-corrected chi connectivity index (χ3v) is 2.75. The summed E-state index contributed by atoms with van der Waals surface area (Å²) in [6.07, 6.45) is 0. The van der Waals surface area contributed by atoms with Crippen molar-refractivity contribution in [2.75, 3.05) is 17.7 Å². The molecule has 0 saturated carbocycles. The zero-order valence-corrected chi connectivity index (χ0v) is 10.0. The molecule has 2 aromatic carbocycles. The van der Waals surface area contributed by atoms with E-state index < -0.39 is 0 Å². The van der Waals surface area contributed by atoms with Gasteiger partial charge in [-0.25, -0.2) is 8.78 Å². The lowest BCUT2D eigenvalue weighted by atomic mass is 10.1. The van der Waals surface area contributed by atoms with Crippen molar-refractivity contribution in [3.8, 4) is 0 Å². The van der Waals surface area contributed by atoms with Crippen LogP contribution in [-0.2, 0) is 6.54 Å². The molecule has 0 aromatic heterocycles. The lowest BCUT2D eigenvalue weighted by molar-refractivity contribution is 0.601. The van der Waals surface area contributed by atoms with Gasteiger partial charge >= 0.3 is 0 Å². The zero-order valence-electron chi connectivity index (χ0n) is 10.0. The second kappa shape index (κ2) is 5.04. The first-order chi connectivity index (χ1) is 8.58. The fourth-order valence-corrected chi connectivity index (χ4v) is 1.79. The van der Waals surface area contributed by atoms with Crippen LogP contribution < -0.4 is 10.6 Å². The minimum Gasteiger partial charge on any atom is -0.399 e. The normalized spacial score (nSPS) is 10.4. The molecule has 2 N–H and O–H groups in total. The predicted molar refractivity (Wildman–Crippen MR) is 69.3 cm³/mol. The second-order valence-electron chi connectivity index (χ2n) is 4.16. The highest BCUT2D eigenvalue weighted by atomic mass is 19.1. The predicted octanol–water partition coefficient (Wildman–Crippen LogP) is 3.18. The molecular weight excluding hydrogens is 234 g/mol. The summed E-state index contributed by atoms with van der Waals surface area (Å²) >= 11 is 0. The number of nitrogens with two attached hydrogens (primary N) is 1. The van der Waals surface area contributed by atoms with E-state index in [1.54, 1.807) is 42.3 Å². The maximum absolute atomic E-state index is 13.6. The highest BCUT2D eigenvalue weighted by Crippen LogP contribution is 2.21. The first kappa shape index (κ1) is 12.4. The van der Waals surface area contributed by atoms with Gasteiger partial charge in [0.2, 0.25) is 0 Å². The lowest BCUT2D eigenvalue weighted by Crippen LogP contribution is -2.18. The minimum atomic E-state index is -0.377. The van der Waals surface area contributed by atoms with Gasteiger partial charge in [0.05, 0.1) is 5.69 Å². The second-order valence-corrected chi connectivity index (χ2v) is 4.16. The number of nitrogens with zero attached hydrogens (tertiary/aromatic N) is 1. The molecule has 0 fully saturated rings. The summed E-state index contributed by atoms with van der Waals surface area (Å²) in [7, 11) is 1.72. The van der Waals surface area contributed by atoms with Crippen LogP contribution in [0.25, 0.3) is 0 Å². The highest BCUT2D eigenvalue weighted by molar-refractivity contribution is 5.48. The van der Waals surface area contributed by atoms with Gasteiger partial charge in [-0.15, -0.1) is 0 Å². The standard InChI is InChI=1S/C14H14F2N2/c1-18(14-5-3-2-4-12(14)15)9-10-6-7-11(17)8-13(10)16/h2-8H,9,17H2,1H3. The Bertz CT molecular complexity index is 555. The summed E-state index contributed by atoms with van der Waals surface area (Å²) in [6, 6.07) is 10.9. The Kier molecular flexibility index (Phi) is 3.46. The fraction of sp³-hybridized carbons (Fsp3) is 0.143. The zero-order chi connectivity index (χ0) is 13.1. The van der Waals surface area contributed by atoms with Crippen LogP contribution in [0.3, 0.4) is 0 Å². The van der Waals surface area contributed by atoms with Gasteiger partial charge in [0.15, 0.2) is 0 Å². The molecule has 4 heteroatoms. The molecule has 0 spiro atoms. The molecule has 2 nitrogen and oxygen atoms in total. The first-order valence-electron chi connectivity index (χ1n) is 5.57. The molecule has 18 heavy (non-hydrogen) atoms. The van der Waals surface area contributed by atoms with E-state index in [0.717, 1.165) is 0 Å². The van der Waals surface area contributed by atoms with Gasteiger partial charge in [0, 0.05) is 24.8 Å². The Labute approximate surface area is 105 Å². The van der Waals surface area contributed by atoms with Crippen LogP contribution in [0.2, 0.25) is 0 Å². The van der Waals surface area contributed by atoms with Crippen LogP contribution in [-0.4, -0.2) is 7.05 Å². The van der Waals surface area contributed by atoms with E-state index in [-0.39, 0.29) is 18.2 Å². The lowest BCUT2D eigenvalue weighted by Gasteiger charge is -2.20. The molecule has 0 bridgehead atoms.